The Labute approximate surface area is 124 Å². The summed E-state index contributed by atoms with van der Waals surface area (Å²) < 4.78 is 0. The lowest BCUT2D eigenvalue weighted by atomic mass is 9.78. The molecule has 2 unspecified atom stereocenters. The number of rotatable bonds is 7. The van der Waals surface area contributed by atoms with E-state index in [0.717, 1.165) is 31.0 Å². The van der Waals surface area contributed by atoms with Crippen LogP contribution in [0.3, 0.4) is 0 Å². The van der Waals surface area contributed by atoms with Crippen molar-refractivity contribution in [1.29, 1.82) is 0 Å². The molecule has 0 amide bonds. The van der Waals surface area contributed by atoms with E-state index in [1.54, 1.807) is 0 Å². The van der Waals surface area contributed by atoms with Crippen LogP contribution >= 0.6 is 0 Å². The Hall–Kier alpha value is -0.860. The molecule has 0 radical (unpaired) electrons. The Morgan fingerprint density at radius 2 is 2.10 bits per heavy atom. The lowest BCUT2D eigenvalue weighted by molar-refractivity contribution is 0.0776. The summed E-state index contributed by atoms with van der Waals surface area (Å²) >= 11 is 0. The molecule has 1 saturated carbocycles. The first-order chi connectivity index (χ1) is 9.56. The van der Waals surface area contributed by atoms with E-state index in [-0.39, 0.29) is 0 Å². The van der Waals surface area contributed by atoms with E-state index in [0.29, 0.717) is 0 Å². The van der Waals surface area contributed by atoms with E-state index < -0.39 is 0 Å². The lowest BCUT2D eigenvalue weighted by Gasteiger charge is -2.43. The third-order valence-corrected chi connectivity index (χ3v) is 4.42. The molecule has 0 saturated heterocycles. The van der Waals surface area contributed by atoms with Crippen LogP contribution in [0.15, 0.2) is 24.3 Å². The van der Waals surface area contributed by atoms with Crippen LogP contribution in [-0.4, -0.2) is 31.1 Å². The molecule has 2 rings (SSSR count). The molecule has 2 nitrogen and oxygen atoms in total. The quantitative estimate of drug-likeness (QED) is 0.819. The second kappa shape index (κ2) is 7.24. The summed E-state index contributed by atoms with van der Waals surface area (Å²) in [6.45, 7) is 10.1. The number of aryl methyl sites for hydroxylation is 1. The van der Waals surface area contributed by atoms with Crippen LogP contribution in [-0.2, 0) is 6.54 Å². The van der Waals surface area contributed by atoms with E-state index in [1.807, 2.05) is 0 Å². The van der Waals surface area contributed by atoms with Gasteiger partial charge < -0.3 is 5.32 Å². The molecule has 20 heavy (non-hydrogen) atoms. The maximum absolute atomic E-state index is 3.62. The van der Waals surface area contributed by atoms with Crippen LogP contribution in [0, 0.1) is 18.8 Å². The SMILES string of the molecule is Cc1cccc(CN(C)C2CCC2CNCC(C)C)c1. The van der Waals surface area contributed by atoms with Crippen molar-refractivity contribution in [1.82, 2.24) is 10.2 Å². The standard InChI is InChI=1S/C18H30N2/c1-14(2)11-19-12-17-8-9-18(17)20(4)13-16-7-5-6-15(3)10-16/h5-7,10,14,17-19H,8-9,11-13H2,1-4H3. The molecule has 0 aliphatic heterocycles. The molecule has 2 heteroatoms. The van der Waals surface area contributed by atoms with Gasteiger partial charge >= 0.3 is 0 Å². The molecule has 1 aromatic carbocycles. The molecule has 0 bridgehead atoms. The Balaban J connectivity index is 1.79. The highest BCUT2D eigenvalue weighted by atomic mass is 15.1. The molecule has 1 fully saturated rings. The Morgan fingerprint density at radius 1 is 1.30 bits per heavy atom. The van der Waals surface area contributed by atoms with E-state index in [1.165, 1.54) is 30.5 Å². The largest absolute Gasteiger partial charge is 0.316 e. The summed E-state index contributed by atoms with van der Waals surface area (Å²) in [5.74, 6) is 1.59. The van der Waals surface area contributed by atoms with Crippen LogP contribution in [0.2, 0.25) is 0 Å². The first-order valence-electron chi connectivity index (χ1n) is 8.02. The average Bonchev–Trinajstić information content (AvgIpc) is 2.32. The zero-order chi connectivity index (χ0) is 14.5. The van der Waals surface area contributed by atoms with Crippen LogP contribution in [0.1, 0.15) is 37.8 Å². The van der Waals surface area contributed by atoms with E-state index in [9.17, 15) is 0 Å². The lowest BCUT2D eigenvalue weighted by Crippen LogP contribution is -2.48. The first kappa shape index (κ1) is 15.5. The Bertz CT molecular complexity index is 414. The van der Waals surface area contributed by atoms with Crippen LogP contribution in [0.25, 0.3) is 0 Å². The summed E-state index contributed by atoms with van der Waals surface area (Å²) in [5, 5.41) is 3.62. The second-order valence-corrected chi connectivity index (χ2v) is 6.86. The molecule has 0 heterocycles. The van der Waals surface area contributed by atoms with Crippen molar-refractivity contribution in [2.45, 2.75) is 46.2 Å². The number of benzene rings is 1. The summed E-state index contributed by atoms with van der Waals surface area (Å²) in [7, 11) is 2.28. The molecule has 0 spiro atoms. The van der Waals surface area contributed by atoms with Crippen molar-refractivity contribution in [3.8, 4) is 0 Å². The maximum atomic E-state index is 3.62. The summed E-state index contributed by atoms with van der Waals surface area (Å²) in [5.41, 5.74) is 2.80. The van der Waals surface area contributed by atoms with Crippen molar-refractivity contribution in [3.63, 3.8) is 0 Å². The smallest absolute Gasteiger partial charge is 0.0233 e. The van der Waals surface area contributed by atoms with Gasteiger partial charge in [0.15, 0.2) is 0 Å². The third-order valence-electron chi connectivity index (χ3n) is 4.42. The van der Waals surface area contributed by atoms with Gasteiger partial charge in [-0.15, -0.1) is 0 Å². The number of nitrogens with zero attached hydrogens (tertiary/aromatic N) is 1. The average molecular weight is 274 g/mol. The van der Waals surface area contributed by atoms with Gasteiger partial charge in [-0.1, -0.05) is 43.7 Å². The highest BCUT2D eigenvalue weighted by Crippen LogP contribution is 2.31. The maximum Gasteiger partial charge on any atom is 0.0233 e. The highest BCUT2D eigenvalue weighted by molar-refractivity contribution is 5.22. The predicted octanol–water partition coefficient (Wildman–Crippen LogP) is 3.45. The fourth-order valence-electron chi connectivity index (χ4n) is 3.14. The monoisotopic (exact) mass is 274 g/mol. The second-order valence-electron chi connectivity index (χ2n) is 6.86. The van der Waals surface area contributed by atoms with Gasteiger partial charge in [-0.05, 0) is 57.3 Å². The van der Waals surface area contributed by atoms with E-state index in [2.05, 4.69) is 62.3 Å². The third kappa shape index (κ3) is 4.32. The fourth-order valence-corrected chi connectivity index (χ4v) is 3.14. The van der Waals surface area contributed by atoms with Crippen molar-refractivity contribution in [2.75, 3.05) is 20.1 Å². The van der Waals surface area contributed by atoms with Crippen molar-refractivity contribution >= 4 is 0 Å². The Kier molecular flexibility index (Phi) is 5.62. The van der Waals surface area contributed by atoms with Gasteiger partial charge in [-0.2, -0.15) is 0 Å². The van der Waals surface area contributed by atoms with Crippen molar-refractivity contribution < 1.29 is 0 Å². The molecular weight excluding hydrogens is 244 g/mol. The van der Waals surface area contributed by atoms with Gasteiger partial charge in [0.1, 0.15) is 0 Å². The van der Waals surface area contributed by atoms with Crippen LogP contribution < -0.4 is 5.32 Å². The highest BCUT2D eigenvalue weighted by Gasteiger charge is 2.33. The molecule has 1 aliphatic carbocycles. The number of hydrogen-bond acceptors (Lipinski definition) is 2. The van der Waals surface area contributed by atoms with Gasteiger partial charge in [0.25, 0.3) is 0 Å². The molecular formula is C18H30N2. The zero-order valence-corrected chi connectivity index (χ0v) is 13.5. The first-order valence-corrected chi connectivity index (χ1v) is 8.02. The molecule has 1 aromatic rings. The van der Waals surface area contributed by atoms with E-state index in [4.69, 9.17) is 0 Å². The molecule has 112 valence electrons. The number of hydrogen-bond donors (Lipinski definition) is 1. The zero-order valence-electron chi connectivity index (χ0n) is 13.5. The van der Waals surface area contributed by atoms with Gasteiger partial charge in [-0.3, -0.25) is 4.90 Å². The minimum Gasteiger partial charge on any atom is -0.316 e. The minimum absolute atomic E-state index is 0.749. The summed E-state index contributed by atoms with van der Waals surface area (Å²) in [4.78, 5) is 2.54. The molecule has 2 atom stereocenters. The summed E-state index contributed by atoms with van der Waals surface area (Å²) in [6.07, 6.45) is 2.74. The molecule has 1 aliphatic rings. The van der Waals surface area contributed by atoms with E-state index >= 15 is 0 Å². The molecule has 0 aromatic heterocycles. The number of nitrogens with one attached hydrogen (secondary N) is 1. The van der Waals surface area contributed by atoms with Crippen LogP contribution in [0.4, 0.5) is 0 Å². The molecule has 1 N–H and O–H groups in total. The van der Waals surface area contributed by atoms with Gasteiger partial charge in [0.05, 0.1) is 0 Å². The van der Waals surface area contributed by atoms with Gasteiger partial charge in [-0.25, -0.2) is 0 Å². The van der Waals surface area contributed by atoms with Crippen molar-refractivity contribution in [2.24, 2.45) is 11.8 Å². The fraction of sp³-hybridized carbons (Fsp3) is 0.667. The van der Waals surface area contributed by atoms with Gasteiger partial charge in [0.2, 0.25) is 0 Å². The van der Waals surface area contributed by atoms with Crippen LogP contribution in [0.5, 0.6) is 0 Å². The van der Waals surface area contributed by atoms with Crippen molar-refractivity contribution in [3.05, 3.63) is 35.4 Å². The normalized spacial score (nSPS) is 22.3. The summed E-state index contributed by atoms with van der Waals surface area (Å²) in [6, 6.07) is 9.65. The topological polar surface area (TPSA) is 15.3 Å². The Morgan fingerprint density at radius 3 is 2.70 bits per heavy atom. The minimum atomic E-state index is 0.749. The van der Waals surface area contributed by atoms with Gasteiger partial charge in [0, 0.05) is 12.6 Å². The predicted molar refractivity (Wildman–Crippen MR) is 86.9 cm³/mol.